The van der Waals surface area contributed by atoms with Crippen molar-refractivity contribution < 1.29 is 14.4 Å². The first kappa shape index (κ1) is 13.5. The Balaban J connectivity index is 2.19. The van der Waals surface area contributed by atoms with Crippen molar-refractivity contribution >= 4 is 17.7 Å². The number of hydrogen-bond acceptors (Lipinski definition) is 7. The molecule has 102 valence electrons. The van der Waals surface area contributed by atoms with Gasteiger partial charge >= 0.3 is 5.97 Å². The van der Waals surface area contributed by atoms with Gasteiger partial charge in [0.15, 0.2) is 11.0 Å². The molecule has 0 atom stereocenters. The molecule has 9 heteroatoms. The number of thioether (sulfide) groups is 1. The molecule has 0 saturated heterocycles. The second kappa shape index (κ2) is 6.32. The van der Waals surface area contributed by atoms with Crippen LogP contribution in [0.3, 0.4) is 0 Å². The van der Waals surface area contributed by atoms with E-state index in [-0.39, 0.29) is 5.75 Å². The van der Waals surface area contributed by atoms with Crippen LogP contribution < -0.4 is 0 Å². The van der Waals surface area contributed by atoms with Crippen molar-refractivity contribution in [3.05, 3.63) is 18.0 Å². The molecule has 0 aliphatic rings. The minimum Gasteiger partial charge on any atom is -0.481 e. The molecule has 0 aliphatic heterocycles. The van der Waals surface area contributed by atoms with Gasteiger partial charge in [0, 0.05) is 6.42 Å². The first-order valence-electron chi connectivity index (χ1n) is 5.72. The highest BCUT2D eigenvalue weighted by Gasteiger charge is 2.15. The van der Waals surface area contributed by atoms with Gasteiger partial charge in [0.1, 0.15) is 5.82 Å². The predicted molar refractivity (Wildman–Crippen MR) is 65.8 cm³/mol. The summed E-state index contributed by atoms with van der Waals surface area (Å²) in [6, 6.07) is 0. The zero-order chi connectivity index (χ0) is 13.7. The number of carboxylic acids is 1. The molecule has 2 rings (SSSR count). The summed E-state index contributed by atoms with van der Waals surface area (Å²) in [5.41, 5.74) is 0. The van der Waals surface area contributed by atoms with Gasteiger partial charge in [0.2, 0.25) is 6.39 Å². The number of carbonyl (C=O) groups is 1. The van der Waals surface area contributed by atoms with E-state index < -0.39 is 5.97 Å². The lowest BCUT2D eigenvalue weighted by Gasteiger charge is -2.06. The monoisotopic (exact) mass is 283 g/mol. The van der Waals surface area contributed by atoms with Gasteiger partial charge in [-0.3, -0.25) is 9.36 Å². The van der Waals surface area contributed by atoms with Crippen molar-refractivity contribution in [1.29, 1.82) is 0 Å². The SMILES string of the molecule is CCCc1nnc(SCC(=O)O)n1Cc1ncon1. The average molecular weight is 283 g/mol. The number of aliphatic carboxylic acids is 1. The fraction of sp³-hybridized carbons (Fsp3) is 0.500. The normalized spacial score (nSPS) is 10.8. The molecule has 8 nitrogen and oxygen atoms in total. The van der Waals surface area contributed by atoms with Gasteiger partial charge in [0.25, 0.3) is 0 Å². The fourth-order valence-electron chi connectivity index (χ4n) is 1.52. The number of rotatable bonds is 7. The predicted octanol–water partition coefficient (Wildman–Crippen LogP) is 0.839. The molecule has 0 bridgehead atoms. The molecule has 0 unspecified atom stereocenters. The Hall–Kier alpha value is -1.90. The third kappa shape index (κ3) is 3.53. The van der Waals surface area contributed by atoms with E-state index in [0.717, 1.165) is 30.4 Å². The van der Waals surface area contributed by atoms with Crippen molar-refractivity contribution in [3.8, 4) is 0 Å². The summed E-state index contributed by atoms with van der Waals surface area (Å²) in [6.07, 6.45) is 2.94. The van der Waals surface area contributed by atoms with E-state index >= 15 is 0 Å². The molecular weight excluding hydrogens is 270 g/mol. The van der Waals surface area contributed by atoms with E-state index in [0.29, 0.717) is 17.5 Å². The Kier molecular flexibility index (Phi) is 4.50. The van der Waals surface area contributed by atoms with Crippen molar-refractivity contribution in [2.24, 2.45) is 0 Å². The van der Waals surface area contributed by atoms with E-state index in [4.69, 9.17) is 5.11 Å². The zero-order valence-corrected chi connectivity index (χ0v) is 11.1. The maximum Gasteiger partial charge on any atom is 0.313 e. The molecule has 0 spiro atoms. The van der Waals surface area contributed by atoms with Crippen LogP contribution in [0.5, 0.6) is 0 Å². The van der Waals surface area contributed by atoms with Crippen LogP contribution in [-0.4, -0.2) is 41.7 Å². The van der Waals surface area contributed by atoms with E-state index in [1.54, 1.807) is 0 Å². The zero-order valence-electron chi connectivity index (χ0n) is 10.3. The largest absolute Gasteiger partial charge is 0.481 e. The topological polar surface area (TPSA) is 107 Å². The van der Waals surface area contributed by atoms with Crippen LogP contribution in [0.25, 0.3) is 0 Å². The molecule has 0 saturated carbocycles. The summed E-state index contributed by atoms with van der Waals surface area (Å²) in [6.45, 7) is 2.41. The molecule has 1 N–H and O–H groups in total. The summed E-state index contributed by atoms with van der Waals surface area (Å²) < 4.78 is 6.51. The summed E-state index contributed by atoms with van der Waals surface area (Å²) in [7, 11) is 0. The van der Waals surface area contributed by atoms with E-state index in [1.807, 2.05) is 11.5 Å². The van der Waals surface area contributed by atoms with Crippen LogP contribution >= 0.6 is 11.8 Å². The Morgan fingerprint density at radius 1 is 1.53 bits per heavy atom. The highest BCUT2D eigenvalue weighted by atomic mass is 32.2. The Morgan fingerprint density at radius 3 is 3.00 bits per heavy atom. The van der Waals surface area contributed by atoms with Crippen LogP contribution in [0, 0.1) is 0 Å². The van der Waals surface area contributed by atoms with Crippen molar-refractivity contribution in [2.45, 2.75) is 31.5 Å². The highest BCUT2D eigenvalue weighted by molar-refractivity contribution is 7.99. The molecule has 2 aromatic heterocycles. The lowest BCUT2D eigenvalue weighted by atomic mass is 10.3. The minimum atomic E-state index is -0.892. The van der Waals surface area contributed by atoms with E-state index in [1.165, 1.54) is 6.39 Å². The lowest BCUT2D eigenvalue weighted by molar-refractivity contribution is -0.133. The molecule has 0 aromatic carbocycles. The van der Waals surface area contributed by atoms with Crippen LogP contribution in [0.2, 0.25) is 0 Å². The number of carboxylic acid groups (broad SMARTS) is 1. The summed E-state index contributed by atoms with van der Waals surface area (Å²) in [5, 5.41) is 21.1. The molecule has 0 aliphatic carbocycles. The Labute approximate surface area is 113 Å². The third-order valence-corrected chi connectivity index (χ3v) is 3.25. The van der Waals surface area contributed by atoms with Gasteiger partial charge in [-0.2, -0.15) is 4.98 Å². The summed E-state index contributed by atoms with van der Waals surface area (Å²) >= 11 is 1.13. The van der Waals surface area contributed by atoms with Gasteiger partial charge in [-0.15, -0.1) is 10.2 Å². The maximum absolute atomic E-state index is 10.6. The maximum atomic E-state index is 10.6. The summed E-state index contributed by atoms with van der Waals surface area (Å²) in [4.78, 5) is 14.6. The second-order valence-electron chi connectivity index (χ2n) is 3.76. The van der Waals surface area contributed by atoms with E-state index in [9.17, 15) is 4.79 Å². The van der Waals surface area contributed by atoms with Gasteiger partial charge in [-0.05, 0) is 6.42 Å². The van der Waals surface area contributed by atoms with Gasteiger partial charge in [-0.1, -0.05) is 23.8 Å². The van der Waals surface area contributed by atoms with Gasteiger partial charge < -0.3 is 9.63 Å². The van der Waals surface area contributed by atoms with Crippen LogP contribution in [-0.2, 0) is 17.8 Å². The van der Waals surface area contributed by atoms with Gasteiger partial charge in [0.05, 0.1) is 12.3 Å². The molecule has 0 fully saturated rings. The van der Waals surface area contributed by atoms with Gasteiger partial charge in [-0.25, -0.2) is 0 Å². The van der Waals surface area contributed by atoms with Crippen LogP contribution in [0.4, 0.5) is 0 Å². The average Bonchev–Trinajstić information content (AvgIpc) is 2.99. The van der Waals surface area contributed by atoms with Crippen molar-refractivity contribution in [2.75, 3.05) is 5.75 Å². The number of aromatic nitrogens is 5. The quantitative estimate of drug-likeness (QED) is 0.745. The number of nitrogens with zero attached hydrogens (tertiary/aromatic N) is 5. The smallest absolute Gasteiger partial charge is 0.313 e. The van der Waals surface area contributed by atoms with E-state index in [2.05, 4.69) is 24.9 Å². The number of hydrogen-bond donors (Lipinski definition) is 1. The number of aryl methyl sites for hydroxylation is 1. The first-order chi connectivity index (χ1) is 9.20. The third-order valence-electron chi connectivity index (χ3n) is 2.30. The highest BCUT2D eigenvalue weighted by Crippen LogP contribution is 2.18. The molecule has 2 heterocycles. The Bertz CT molecular complexity index is 539. The van der Waals surface area contributed by atoms with Crippen LogP contribution in [0.1, 0.15) is 25.0 Å². The van der Waals surface area contributed by atoms with Crippen molar-refractivity contribution in [1.82, 2.24) is 24.9 Å². The molecule has 0 radical (unpaired) electrons. The fourth-order valence-corrected chi connectivity index (χ4v) is 2.20. The molecule has 19 heavy (non-hydrogen) atoms. The Morgan fingerprint density at radius 2 is 2.37 bits per heavy atom. The minimum absolute atomic E-state index is 0.0590. The standard InChI is InChI=1S/C10H13N5O3S/c1-2-3-8-12-13-10(19-5-9(16)17)15(8)4-7-11-6-18-14-7/h6H,2-5H2,1H3,(H,16,17). The lowest BCUT2D eigenvalue weighted by Crippen LogP contribution is -2.09. The summed E-state index contributed by atoms with van der Waals surface area (Å²) in [5.74, 6) is 0.349. The van der Waals surface area contributed by atoms with Crippen molar-refractivity contribution in [3.63, 3.8) is 0 Å². The molecular formula is C10H13N5O3S. The molecule has 2 aromatic rings. The van der Waals surface area contributed by atoms with Crippen LogP contribution in [0.15, 0.2) is 16.1 Å². The molecule has 0 amide bonds. The second-order valence-corrected chi connectivity index (χ2v) is 4.71. The first-order valence-corrected chi connectivity index (χ1v) is 6.71.